The summed E-state index contributed by atoms with van der Waals surface area (Å²) in [5.74, 6) is -0.949. The molecular formula is C20H33NO5. The van der Waals surface area contributed by atoms with Gasteiger partial charge in [-0.1, -0.05) is 50.5 Å². The Morgan fingerprint density at radius 1 is 1.04 bits per heavy atom. The molecule has 148 valence electrons. The maximum absolute atomic E-state index is 11.0. The van der Waals surface area contributed by atoms with Crippen molar-refractivity contribution < 1.29 is 19.6 Å². The van der Waals surface area contributed by atoms with Crippen LogP contribution < -0.4 is 0 Å². The third kappa shape index (κ3) is 16.9. The molecule has 0 saturated heterocycles. The van der Waals surface area contributed by atoms with Gasteiger partial charge in [-0.3, -0.25) is 10.1 Å². The second kappa shape index (κ2) is 17.9. The lowest BCUT2D eigenvalue weighted by atomic mass is 10.1. The summed E-state index contributed by atoms with van der Waals surface area (Å²) in [6.45, 7) is 2.38. The van der Waals surface area contributed by atoms with E-state index in [1.807, 2.05) is 18.2 Å². The summed E-state index contributed by atoms with van der Waals surface area (Å²) in [6.07, 6.45) is 18.8. The van der Waals surface area contributed by atoms with Crippen molar-refractivity contribution in [3.63, 3.8) is 0 Å². The molecule has 0 saturated carbocycles. The van der Waals surface area contributed by atoms with Crippen LogP contribution >= 0.6 is 0 Å². The van der Waals surface area contributed by atoms with Gasteiger partial charge in [0, 0.05) is 6.61 Å². The Labute approximate surface area is 156 Å². The highest BCUT2D eigenvalue weighted by Crippen LogP contribution is 2.08. The molecule has 26 heavy (non-hydrogen) atoms. The van der Waals surface area contributed by atoms with Crippen LogP contribution in [0.1, 0.15) is 71.1 Å². The minimum absolute atomic E-state index is 0.238. The van der Waals surface area contributed by atoms with Gasteiger partial charge in [-0.25, -0.2) is 4.79 Å². The third-order valence-electron chi connectivity index (χ3n) is 3.74. The zero-order valence-electron chi connectivity index (χ0n) is 15.9. The van der Waals surface area contributed by atoms with Gasteiger partial charge in [0.05, 0.1) is 11.3 Å². The molecular weight excluding hydrogens is 334 g/mol. The number of allylic oxidation sites excluding steroid dienone is 5. The normalized spacial score (nSPS) is 12.3. The zero-order chi connectivity index (χ0) is 19.5. The highest BCUT2D eigenvalue weighted by Gasteiger charge is 2.06. The van der Waals surface area contributed by atoms with Crippen molar-refractivity contribution in [2.45, 2.75) is 71.1 Å². The highest BCUT2D eigenvalue weighted by molar-refractivity contribution is 5.67. The van der Waals surface area contributed by atoms with E-state index in [-0.39, 0.29) is 17.2 Å². The van der Waals surface area contributed by atoms with Gasteiger partial charge in [-0.05, 0) is 44.6 Å². The molecule has 0 aromatic carbocycles. The van der Waals surface area contributed by atoms with Crippen molar-refractivity contribution in [1.29, 1.82) is 0 Å². The van der Waals surface area contributed by atoms with Crippen molar-refractivity contribution in [3.8, 4) is 0 Å². The Kier molecular flexibility index (Phi) is 16.5. The smallest absolute Gasteiger partial charge is 0.329 e. The fraction of sp³-hybridized carbons (Fsp3) is 0.650. The molecule has 6 nitrogen and oxygen atoms in total. The van der Waals surface area contributed by atoms with Crippen molar-refractivity contribution in [2.75, 3.05) is 13.2 Å². The lowest BCUT2D eigenvalue weighted by Crippen LogP contribution is -2.07. The summed E-state index contributed by atoms with van der Waals surface area (Å²) < 4.78 is 4.95. The van der Waals surface area contributed by atoms with E-state index in [9.17, 15) is 14.9 Å². The molecule has 0 heterocycles. The van der Waals surface area contributed by atoms with Crippen LogP contribution in [0.5, 0.6) is 0 Å². The van der Waals surface area contributed by atoms with Gasteiger partial charge in [0.25, 0.3) is 0 Å². The quantitative estimate of drug-likeness (QED) is 0.163. The number of rotatable bonds is 17. The largest absolute Gasteiger partial charge is 0.480 e. The number of carboxylic acid groups (broad SMARTS) is 1. The molecule has 6 heteroatoms. The number of nitrogens with zero attached hydrogens (tertiary/aromatic N) is 1. The molecule has 0 amide bonds. The number of carbonyl (C=O) groups is 1. The first kappa shape index (κ1) is 24.1. The van der Waals surface area contributed by atoms with E-state index in [2.05, 4.69) is 13.0 Å². The molecule has 0 radical (unpaired) electrons. The predicted molar refractivity (Wildman–Crippen MR) is 104 cm³/mol. The summed E-state index contributed by atoms with van der Waals surface area (Å²) in [4.78, 5) is 21.0. The molecule has 0 atom stereocenters. The Bertz CT molecular complexity index is 469. The summed E-state index contributed by atoms with van der Waals surface area (Å²) in [5, 5.41) is 19.5. The van der Waals surface area contributed by atoms with Crippen LogP contribution in [0.15, 0.2) is 36.1 Å². The Balaban J connectivity index is 3.84. The summed E-state index contributed by atoms with van der Waals surface area (Å²) in [5.41, 5.74) is 0.238. The van der Waals surface area contributed by atoms with Gasteiger partial charge < -0.3 is 9.84 Å². The summed E-state index contributed by atoms with van der Waals surface area (Å²) in [7, 11) is 0. The molecule has 0 aliphatic carbocycles. The molecule has 1 N–H and O–H groups in total. The van der Waals surface area contributed by atoms with Crippen LogP contribution in [0.3, 0.4) is 0 Å². The van der Waals surface area contributed by atoms with Gasteiger partial charge in [0.1, 0.15) is 6.61 Å². The molecule has 0 aliphatic heterocycles. The number of hydrogen-bond acceptors (Lipinski definition) is 4. The number of carboxylic acids is 1. The fourth-order valence-electron chi connectivity index (χ4n) is 2.29. The van der Waals surface area contributed by atoms with E-state index >= 15 is 0 Å². The fourth-order valence-corrected chi connectivity index (χ4v) is 2.29. The van der Waals surface area contributed by atoms with E-state index < -0.39 is 5.97 Å². The first-order valence-electron chi connectivity index (χ1n) is 9.50. The lowest BCUT2D eigenvalue weighted by molar-refractivity contribution is -0.427. The molecule has 0 fully saturated rings. The Morgan fingerprint density at radius 3 is 2.38 bits per heavy atom. The van der Waals surface area contributed by atoms with E-state index in [0.717, 1.165) is 32.1 Å². The minimum Gasteiger partial charge on any atom is -0.480 e. The van der Waals surface area contributed by atoms with E-state index in [0.29, 0.717) is 19.4 Å². The minimum atomic E-state index is -0.949. The van der Waals surface area contributed by atoms with Crippen molar-refractivity contribution in [3.05, 3.63) is 46.2 Å². The van der Waals surface area contributed by atoms with Gasteiger partial charge in [0.15, 0.2) is 0 Å². The Hall–Kier alpha value is -1.95. The predicted octanol–water partition coefficient (Wildman–Crippen LogP) is 5.28. The van der Waals surface area contributed by atoms with Crippen LogP contribution in [-0.2, 0) is 9.53 Å². The number of ether oxygens (including phenoxy) is 1. The molecule has 0 aliphatic rings. The van der Waals surface area contributed by atoms with E-state index in [1.54, 1.807) is 6.08 Å². The van der Waals surface area contributed by atoms with Crippen LogP contribution in [0.4, 0.5) is 0 Å². The van der Waals surface area contributed by atoms with Gasteiger partial charge in [0.2, 0.25) is 5.70 Å². The molecule has 0 spiro atoms. The number of hydrogen-bond donors (Lipinski definition) is 1. The molecule has 0 bridgehead atoms. The summed E-state index contributed by atoms with van der Waals surface area (Å²) >= 11 is 0. The summed E-state index contributed by atoms with van der Waals surface area (Å²) in [6, 6.07) is 0. The lowest BCUT2D eigenvalue weighted by Gasteiger charge is -2.00. The second-order valence-corrected chi connectivity index (χ2v) is 6.13. The van der Waals surface area contributed by atoms with Gasteiger partial charge in [-0.2, -0.15) is 0 Å². The highest BCUT2D eigenvalue weighted by atomic mass is 16.6. The molecule has 0 aromatic heterocycles. The first-order chi connectivity index (χ1) is 12.6. The van der Waals surface area contributed by atoms with Crippen LogP contribution in [0.25, 0.3) is 0 Å². The molecule has 0 aromatic rings. The van der Waals surface area contributed by atoms with E-state index in [1.165, 1.54) is 19.3 Å². The molecule has 0 rings (SSSR count). The maximum atomic E-state index is 11.0. The SMILES string of the molecule is CCCCCC=CCC=C(CC=CCCCCCOCC(=O)O)[N+](=O)[O-]. The van der Waals surface area contributed by atoms with E-state index in [4.69, 9.17) is 9.84 Å². The Morgan fingerprint density at radius 2 is 1.73 bits per heavy atom. The standard InChI is InChI=1S/C20H33NO5/c1-2-3-4-5-6-9-12-15-19(21(24)25)16-13-10-7-8-11-14-17-26-18-20(22)23/h6,9-10,13,15H,2-5,7-8,11-12,14,16-18H2,1H3,(H,22,23). The van der Waals surface area contributed by atoms with Crippen molar-refractivity contribution >= 4 is 5.97 Å². The topological polar surface area (TPSA) is 89.7 Å². The average Bonchev–Trinajstić information content (AvgIpc) is 2.60. The van der Waals surface area contributed by atoms with Crippen LogP contribution in [0.2, 0.25) is 0 Å². The number of aliphatic carboxylic acids is 1. The number of unbranched alkanes of at least 4 members (excludes halogenated alkanes) is 6. The van der Waals surface area contributed by atoms with Crippen LogP contribution in [0, 0.1) is 10.1 Å². The van der Waals surface area contributed by atoms with Gasteiger partial charge >= 0.3 is 5.97 Å². The van der Waals surface area contributed by atoms with Crippen LogP contribution in [-0.4, -0.2) is 29.2 Å². The number of nitro groups is 1. The second-order valence-electron chi connectivity index (χ2n) is 6.13. The van der Waals surface area contributed by atoms with Crippen molar-refractivity contribution in [1.82, 2.24) is 0 Å². The first-order valence-corrected chi connectivity index (χ1v) is 9.50. The van der Waals surface area contributed by atoms with Crippen molar-refractivity contribution in [2.24, 2.45) is 0 Å². The average molecular weight is 367 g/mol. The maximum Gasteiger partial charge on any atom is 0.329 e. The van der Waals surface area contributed by atoms with Gasteiger partial charge in [-0.15, -0.1) is 0 Å². The molecule has 0 unspecified atom stereocenters. The zero-order valence-corrected chi connectivity index (χ0v) is 15.9. The monoisotopic (exact) mass is 367 g/mol. The third-order valence-corrected chi connectivity index (χ3v) is 3.74.